The van der Waals surface area contributed by atoms with Gasteiger partial charge in [0.1, 0.15) is 0 Å². The van der Waals surface area contributed by atoms with Crippen LogP contribution < -0.4 is 4.72 Å². The summed E-state index contributed by atoms with van der Waals surface area (Å²) in [6.07, 6.45) is 2.47. The van der Waals surface area contributed by atoms with Crippen LogP contribution in [-0.4, -0.2) is 14.2 Å². The van der Waals surface area contributed by atoms with E-state index in [2.05, 4.69) is 4.72 Å². The van der Waals surface area contributed by atoms with E-state index in [1.54, 1.807) is 12.1 Å². The molecule has 0 atom stereocenters. The summed E-state index contributed by atoms with van der Waals surface area (Å²) in [7, 11) is -3.67. The number of nitrogens with one attached hydrogen (secondary N) is 1. The highest BCUT2D eigenvalue weighted by Crippen LogP contribution is 2.42. The van der Waals surface area contributed by atoms with E-state index >= 15 is 0 Å². The van der Waals surface area contributed by atoms with Gasteiger partial charge in [0.15, 0.2) is 5.78 Å². The van der Waals surface area contributed by atoms with E-state index in [-0.39, 0.29) is 10.7 Å². The lowest BCUT2D eigenvalue weighted by atomic mass is 9.73. The number of halogens is 1. The third-order valence-electron chi connectivity index (χ3n) is 4.50. The smallest absolute Gasteiger partial charge is 0.241 e. The third kappa shape index (κ3) is 3.24. The molecule has 0 bridgehead atoms. The predicted molar refractivity (Wildman–Crippen MR) is 93.7 cm³/mol. The fourth-order valence-corrected chi connectivity index (χ4v) is 4.51. The molecule has 0 amide bonds. The fourth-order valence-electron chi connectivity index (χ4n) is 2.93. The number of Topliss-reactive ketones (excluding diaryl/α,β-unsaturated/α-hetero) is 1. The molecule has 2 aromatic rings. The molecular weight excluding hydrogens is 346 g/mol. The van der Waals surface area contributed by atoms with Crippen molar-refractivity contribution in [2.45, 2.75) is 36.6 Å². The van der Waals surface area contributed by atoms with Crippen LogP contribution in [0.4, 0.5) is 0 Å². The highest BCUT2D eigenvalue weighted by atomic mass is 35.5. The van der Waals surface area contributed by atoms with Crippen LogP contribution in [0.15, 0.2) is 53.4 Å². The molecule has 0 aromatic heterocycles. The minimum atomic E-state index is -3.67. The first-order valence-corrected chi connectivity index (χ1v) is 9.60. The molecule has 0 saturated heterocycles. The van der Waals surface area contributed by atoms with Gasteiger partial charge < -0.3 is 0 Å². The molecule has 0 unspecified atom stereocenters. The molecule has 1 aliphatic rings. The van der Waals surface area contributed by atoms with E-state index in [4.69, 9.17) is 11.6 Å². The molecule has 0 spiro atoms. The Morgan fingerprint density at radius 3 is 2.08 bits per heavy atom. The summed E-state index contributed by atoms with van der Waals surface area (Å²) in [6, 6.07) is 13.3. The summed E-state index contributed by atoms with van der Waals surface area (Å²) in [5, 5.41) is 0.621. The molecule has 2 aromatic carbocycles. The molecule has 24 heavy (non-hydrogen) atoms. The quantitative estimate of drug-likeness (QED) is 0.819. The number of benzene rings is 2. The molecule has 6 heteroatoms. The maximum atomic E-state index is 12.7. The van der Waals surface area contributed by atoms with Gasteiger partial charge in [-0.05, 0) is 56.0 Å². The van der Waals surface area contributed by atoms with Gasteiger partial charge in [0.25, 0.3) is 0 Å². The van der Waals surface area contributed by atoms with Crippen molar-refractivity contribution in [2.24, 2.45) is 0 Å². The van der Waals surface area contributed by atoms with Gasteiger partial charge in [-0.1, -0.05) is 35.9 Å². The van der Waals surface area contributed by atoms with E-state index in [0.29, 0.717) is 10.6 Å². The molecule has 1 fully saturated rings. The normalized spacial score (nSPS) is 16.4. The maximum Gasteiger partial charge on any atom is 0.241 e. The van der Waals surface area contributed by atoms with Gasteiger partial charge in [-0.15, -0.1) is 0 Å². The Morgan fingerprint density at radius 1 is 1.04 bits per heavy atom. The topological polar surface area (TPSA) is 63.2 Å². The number of rotatable bonds is 5. The van der Waals surface area contributed by atoms with E-state index in [9.17, 15) is 13.2 Å². The van der Waals surface area contributed by atoms with Gasteiger partial charge in [-0.2, -0.15) is 0 Å². The van der Waals surface area contributed by atoms with Crippen molar-refractivity contribution >= 4 is 27.4 Å². The Bertz CT molecular complexity index is 854. The van der Waals surface area contributed by atoms with E-state index in [0.717, 1.165) is 24.8 Å². The van der Waals surface area contributed by atoms with Crippen LogP contribution in [0.1, 0.15) is 42.1 Å². The van der Waals surface area contributed by atoms with Gasteiger partial charge in [-0.3, -0.25) is 4.79 Å². The summed E-state index contributed by atoms with van der Waals surface area (Å²) in [6.45, 7) is 1.45. The monoisotopic (exact) mass is 363 g/mol. The van der Waals surface area contributed by atoms with Crippen molar-refractivity contribution in [3.63, 3.8) is 0 Å². The molecule has 1 aliphatic carbocycles. The predicted octanol–water partition coefficient (Wildman–Crippen LogP) is 3.90. The third-order valence-corrected chi connectivity index (χ3v) is 6.31. The Hall–Kier alpha value is -1.69. The largest absolute Gasteiger partial charge is 0.295 e. The molecular formula is C18H18ClNO3S. The van der Waals surface area contributed by atoms with Crippen molar-refractivity contribution in [3.05, 3.63) is 64.7 Å². The van der Waals surface area contributed by atoms with E-state index in [1.165, 1.54) is 31.2 Å². The van der Waals surface area contributed by atoms with Crippen LogP contribution >= 0.6 is 11.6 Å². The van der Waals surface area contributed by atoms with Gasteiger partial charge in [0.2, 0.25) is 10.0 Å². The minimum Gasteiger partial charge on any atom is -0.295 e. The van der Waals surface area contributed by atoms with Crippen molar-refractivity contribution < 1.29 is 13.2 Å². The fraction of sp³-hybridized carbons (Fsp3) is 0.278. The second-order valence-corrected chi connectivity index (χ2v) is 8.25. The number of carbonyl (C=O) groups is 1. The first-order valence-electron chi connectivity index (χ1n) is 7.73. The van der Waals surface area contributed by atoms with Gasteiger partial charge in [0.05, 0.1) is 10.4 Å². The Kier molecular flexibility index (Phi) is 4.51. The standard InChI is InChI=1S/C18H18ClNO3S/c1-13(21)14-3-9-17(10-4-14)24(22,23)20-18(11-2-12-18)15-5-7-16(19)8-6-15/h3-10,20H,2,11-12H2,1H3. The Morgan fingerprint density at radius 2 is 1.62 bits per heavy atom. The average Bonchev–Trinajstić information content (AvgIpc) is 2.52. The average molecular weight is 364 g/mol. The van der Waals surface area contributed by atoms with E-state index < -0.39 is 15.6 Å². The molecule has 126 valence electrons. The molecule has 0 aliphatic heterocycles. The second kappa shape index (κ2) is 6.31. The van der Waals surface area contributed by atoms with Gasteiger partial charge in [0, 0.05) is 10.6 Å². The lowest BCUT2D eigenvalue weighted by molar-refractivity contribution is 0.101. The summed E-state index contributed by atoms with van der Waals surface area (Å²) < 4.78 is 28.3. The van der Waals surface area contributed by atoms with Crippen molar-refractivity contribution in [3.8, 4) is 0 Å². The SMILES string of the molecule is CC(=O)c1ccc(S(=O)(=O)NC2(c3ccc(Cl)cc3)CCC2)cc1. The molecule has 3 rings (SSSR count). The number of sulfonamides is 1. The van der Waals surface area contributed by atoms with Crippen LogP contribution in [0.3, 0.4) is 0 Å². The lowest BCUT2D eigenvalue weighted by Crippen LogP contribution is -2.50. The molecule has 4 nitrogen and oxygen atoms in total. The number of hydrogen-bond acceptors (Lipinski definition) is 3. The summed E-state index contributed by atoms with van der Waals surface area (Å²) in [4.78, 5) is 11.5. The van der Waals surface area contributed by atoms with E-state index in [1.807, 2.05) is 12.1 Å². The van der Waals surface area contributed by atoms with Crippen molar-refractivity contribution in [1.29, 1.82) is 0 Å². The molecule has 1 N–H and O–H groups in total. The summed E-state index contributed by atoms with van der Waals surface area (Å²) in [5.41, 5.74) is 0.829. The van der Waals surface area contributed by atoms with Gasteiger partial charge in [-0.25, -0.2) is 13.1 Å². The maximum absolute atomic E-state index is 12.7. The Labute approximate surface area is 146 Å². The second-order valence-electron chi connectivity index (χ2n) is 6.13. The van der Waals surface area contributed by atoms with Crippen LogP contribution in [0.5, 0.6) is 0 Å². The molecule has 1 saturated carbocycles. The van der Waals surface area contributed by atoms with Gasteiger partial charge >= 0.3 is 0 Å². The first kappa shape index (κ1) is 17.1. The Balaban J connectivity index is 1.89. The van der Waals surface area contributed by atoms with Crippen LogP contribution in [0, 0.1) is 0 Å². The molecule has 0 radical (unpaired) electrons. The van der Waals surface area contributed by atoms with Crippen molar-refractivity contribution in [1.82, 2.24) is 4.72 Å². The summed E-state index contributed by atoms with van der Waals surface area (Å²) >= 11 is 5.93. The molecule has 0 heterocycles. The lowest BCUT2D eigenvalue weighted by Gasteiger charge is -2.42. The highest BCUT2D eigenvalue weighted by Gasteiger charge is 2.42. The van der Waals surface area contributed by atoms with Crippen LogP contribution in [-0.2, 0) is 15.6 Å². The highest BCUT2D eigenvalue weighted by molar-refractivity contribution is 7.89. The zero-order chi connectivity index (χ0) is 17.4. The van der Waals surface area contributed by atoms with Crippen LogP contribution in [0.25, 0.3) is 0 Å². The van der Waals surface area contributed by atoms with Crippen LogP contribution in [0.2, 0.25) is 5.02 Å². The minimum absolute atomic E-state index is 0.0939. The zero-order valence-electron chi connectivity index (χ0n) is 13.3. The van der Waals surface area contributed by atoms with Crippen molar-refractivity contribution in [2.75, 3.05) is 0 Å². The summed E-state index contributed by atoms with van der Waals surface area (Å²) in [5.74, 6) is -0.0939. The first-order chi connectivity index (χ1) is 11.3. The zero-order valence-corrected chi connectivity index (χ0v) is 14.8. The number of hydrogen-bond donors (Lipinski definition) is 1. The number of ketones is 1. The number of carbonyl (C=O) groups excluding carboxylic acids is 1.